The Balaban J connectivity index is 2.06. The van der Waals surface area contributed by atoms with Crippen molar-refractivity contribution < 1.29 is 24.0 Å². The number of nitro groups is 1. The number of rotatable bonds is 9. The van der Waals surface area contributed by atoms with Crippen LogP contribution in [0.2, 0.25) is 0 Å². The van der Waals surface area contributed by atoms with Crippen LogP contribution in [0.15, 0.2) is 48.5 Å². The van der Waals surface area contributed by atoms with Gasteiger partial charge in [-0.2, -0.15) is 0 Å². The van der Waals surface area contributed by atoms with E-state index in [0.717, 1.165) is 12.0 Å². The second-order valence-electron chi connectivity index (χ2n) is 6.57. The number of nitro benzene ring substituents is 1. The molecule has 8 heteroatoms. The highest BCUT2D eigenvalue weighted by molar-refractivity contribution is 5.95. The standard InChI is InChI=1S/C21H24N2O6/c1-4-14(2)20(15-8-6-5-7-9-15)21(25)29-13-19(24)22-17-11-10-16(28-3)12-18(17)23(26)27/h5-12,14,20H,4,13H2,1-3H3,(H,22,24)/t14-,20+/m1/s1. The van der Waals surface area contributed by atoms with Crippen molar-refractivity contribution in [2.45, 2.75) is 26.2 Å². The molecule has 0 spiro atoms. The number of benzene rings is 2. The van der Waals surface area contributed by atoms with Crippen LogP contribution < -0.4 is 10.1 Å². The van der Waals surface area contributed by atoms with Gasteiger partial charge in [-0.1, -0.05) is 50.6 Å². The second-order valence-corrected chi connectivity index (χ2v) is 6.57. The summed E-state index contributed by atoms with van der Waals surface area (Å²) in [7, 11) is 1.39. The zero-order valence-corrected chi connectivity index (χ0v) is 16.6. The predicted molar refractivity (Wildman–Crippen MR) is 108 cm³/mol. The van der Waals surface area contributed by atoms with E-state index in [1.165, 1.54) is 25.3 Å². The molecule has 0 aromatic heterocycles. The number of amides is 1. The highest BCUT2D eigenvalue weighted by Gasteiger charge is 2.28. The summed E-state index contributed by atoms with van der Waals surface area (Å²) in [6, 6.07) is 13.3. The number of esters is 1. The number of anilines is 1. The van der Waals surface area contributed by atoms with E-state index in [1.54, 1.807) is 0 Å². The third kappa shape index (κ3) is 5.78. The quantitative estimate of drug-likeness (QED) is 0.388. The number of hydrogen-bond acceptors (Lipinski definition) is 6. The summed E-state index contributed by atoms with van der Waals surface area (Å²) >= 11 is 0. The Morgan fingerprint density at radius 1 is 1.17 bits per heavy atom. The molecule has 0 saturated carbocycles. The molecule has 0 aliphatic rings. The van der Waals surface area contributed by atoms with Crippen LogP contribution in [0.5, 0.6) is 5.75 Å². The van der Waals surface area contributed by atoms with Crippen molar-refractivity contribution in [3.63, 3.8) is 0 Å². The van der Waals surface area contributed by atoms with Gasteiger partial charge in [-0.15, -0.1) is 0 Å². The highest BCUT2D eigenvalue weighted by Crippen LogP contribution is 2.30. The monoisotopic (exact) mass is 400 g/mol. The van der Waals surface area contributed by atoms with Crippen molar-refractivity contribution in [2.75, 3.05) is 19.0 Å². The molecule has 154 valence electrons. The Morgan fingerprint density at radius 2 is 1.86 bits per heavy atom. The lowest BCUT2D eigenvalue weighted by Gasteiger charge is -2.21. The van der Waals surface area contributed by atoms with Gasteiger partial charge in [-0.25, -0.2) is 0 Å². The molecule has 2 aromatic rings. The molecule has 0 fully saturated rings. The molecule has 1 N–H and O–H groups in total. The molecular formula is C21H24N2O6. The number of carbonyl (C=O) groups is 2. The van der Waals surface area contributed by atoms with Crippen molar-refractivity contribution in [2.24, 2.45) is 5.92 Å². The van der Waals surface area contributed by atoms with Crippen LogP contribution >= 0.6 is 0 Å². The molecule has 0 saturated heterocycles. The molecule has 0 bridgehead atoms. The topological polar surface area (TPSA) is 108 Å². The summed E-state index contributed by atoms with van der Waals surface area (Å²) < 4.78 is 10.2. The molecule has 1 amide bonds. The van der Waals surface area contributed by atoms with Gasteiger partial charge in [0, 0.05) is 0 Å². The largest absolute Gasteiger partial charge is 0.496 e. The van der Waals surface area contributed by atoms with Crippen LogP contribution in [-0.2, 0) is 14.3 Å². The van der Waals surface area contributed by atoms with Crippen LogP contribution in [-0.4, -0.2) is 30.5 Å². The fraction of sp³-hybridized carbons (Fsp3) is 0.333. The molecule has 0 unspecified atom stereocenters. The summed E-state index contributed by atoms with van der Waals surface area (Å²) in [4.78, 5) is 35.4. The SMILES string of the molecule is CC[C@@H](C)[C@H](C(=O)OCC(=O)Nc1ccc(OC)cc1[N+](=O)[O-])c1ccccc1. The number of carbonyl (C=O) groups excluding carboxylic acids is 2. The number of hydrogen-bond donors (Lipinski definition) is 1. The van der Waals surface area contributed by atoms with Crippen molar-refractivity contribution >= 4 is 23.3 Å². The van der Waals surface area contributed by atoms with Gasteiger partial charge in [0.15, 0.2) is 6.61 Å². The molecule has 0 heterocycles. The maximum Gasteiger partial charge on any atom is 0.314 e. The second kappa shape index (κ2) is 10.2. The number of methoxy groups -OCH3 is 1. The van der Waals surface area contributed by atoms with Gasteiger partial charge < -0.3 is 14.8 Å². The van der Waals surface area contributed by atoms with Crippen LogP contribution in [0.25, 0.3) is 0 Å². The van der Waals surface area contributed by atoms with Crippen molar-refractivity contribution in [3.05, 3.63) is 64.2 Å². The van der Waals surface area contributed by atoms with Gasteiger partial charge in [0.05, 0.1) is 24.0 Å². The minimum Gasteiger partial charge on any atom is -0.496 e. The van der Waals surface area contributed by atoms with E-state index in [1.807, 2.05) is 44.2 Å². The Bertz CT molecular complexity index is 869. The van der Waals surface area contributed by atoms with Gasteiger partial charge in [0.2, 0.25) is 0 Å². The Labute approximate surface area is 169 Å². The first kappa shape index (κ1) is 21.9. The zero-order valence-electron chi connectivity index (χ0n) is 16.6. The summed E-state index contributed by atoms with van der Waals surface area (Å²) in [5, 5.41) is 13.6. The first-order valence-corrected chi connectivity index (χ1v) is 9.21. The molecule has 2 aromatic carbocycles. The lowest BCUT2D eigenvalue weighted by Crippen LogP contribution is -2.27. The van der Waals surface area contributed by atoms with E-state index in [4.69, 9.17) is 9.47 Å². The van der Waals surface area contributed by atoms with Crippen molar-refractivity contribution in [3.8, 4) is 5.75 Å². The van der Waals surface area contributed by atoms with Crippen molar-refractivity contribution in [1.82, 2.24) is 0 Å². The number of ether oxygens (including phenoxy) is 2. The summed E-state index contributed by atoms with van der Waals surface area (Å²) in [6.45, 7) is 3.38. The predicted octanol–water partition coefficient (Wildman–Crippen LogP) is 3.92. The van der Waals surface area contributed by atoms with Crippen molar-refractivity contribution in [1.29, 1.82) is 0 Å². The molecule has 2 atom stereocenters. The fourth-order valence-corrected chi connectivity index (χ4v) is 2.90. The van der Waals surface area contributed by atoms with E-state index >= 15 is 0 Å². The lowest BCUT2D eigenvalue weighted by molar-refractivity contribution is -0.384. The van der Waals surface area contributed by atoms with Crippen LogP contribution in [0.3, 0.4) is 0 Å². The van der Waals surface area contributed by atoms with E-state index in [0.29, 0.717) is 5.75 Å². The third-order valence-electron chi connectivity index (χ3n) is 4.65. The van der Waals surface area contributed by atoms with E-state index in [2.05, 4.69) is 5.32 Å². The molecule has 29 heavy (non-hydrogen) atoms. The molecule has 8 nitrogen and oxygen atoms in total. The first-order chi connectivity index (χ1) is 13.9. The van der Waals surface area contributed by atoms with Crippen LogP contribution in [0.1, 0.15) is 31.7 Å². The zero-order chi connectivity index (χ0) is 21.4. The molecule has 0 radical (unpaired) electrons. The average Bonchev–Trinajstić information content (AvgIpc) is 2.73. The van der Waals surface area contributed by atoms with E-state index in [9.17, 15) is 19.7 Å². The fourth-order valence-electron chi connectivity index (χ4n) is 2.90. The maximum atomic E-state index is 12.6. The number of nitrogens with zero attached hydrogens (tertiary/aromatic N) is 1. The van der Waals surface area contributed by atoms with Crippen LogP contribution in [0, 0.1) is 16.0 Å². The Kier molecular flexibility index (Phi) is 7.70. The summed E-state index contributed by atoms with van der Waals surface area (Å²) in [5.74, 6) is -1.35. The highest BCUT2D eigenvalue weighted by atomic mass is 16.6. The van der Waals surface area contributed by atoms with Crippen LogP contribution in [0.4, 0.5) is 11.4 Å². The minimum absolute atomic E-state index is 0.00150. The lowest BCUT2D eigenvalue weighted by atomic mass is 9.86. The molecular weight excluding hydrogens is 376 g/mol. The summed E-state index contributed by atoms with van der Waals surface area (Å²) in [5.41, 5.74) is 0.502. The molecule has 2 rings (SSSR count). The number of nitrogens with one attached hydrogen (secondary N) is 1. The van der Waals surface area contributed by atoms with Gasteiger partial charge in [-0.05, 0) is 23.6 Å². The Morgan fingerprint density at radius 3 is 2.45 bits per heavy atom. The normalized spacial score (nSPS) is 12.5. The minimum atomic E-state index is -0.664. The molecule has 0 aliphatic carbocycles. The van der Waals surface area contributed by atoms with E-state index < -0.39 is 29.3 Å². The molecule has 0 aliphatic heterocycles. The third-order valence-corrected chi connectivity index (χ3v) is 4.65. The maximum absolute atomic E-state index is 12.6. The Hall–Kier alpha value is -3.42. The van der Waals surface area contributed by atoms with Gasteiger partial charge >= 0.3 is 5.97 Å². The van der Waals surface area contributed by atoms with Gasteiger partial charge in [0.1, 0.15) is 11.4 Å². The summed E-state index contributed by atoms with van der Waals surface area (Å²) in [6.07, 6.45) is 0.763. The van der Waals surface area contributed by atoms with Gasteiger partial charge in [0.25, 0.3) is 11.6 Å². The van der Waals surface area contributed by atoms with E-state index in [-0.39, 0.29) is 17.3 Å². The smallest absolute Gasteiger partial charge is 0.314 e. The van der Waals surface area contributed by atoms with Gasteiger partial charge in [-0.3, -0.25) is 19.7 Å². The average molecular weight is 400 g/mol. The first-order valence-electron chi connectivity index (χ1n) is 9.21.